The maximum atomic E-state index is 10.2. The molecule has 5 heteroatoms. The summed E-state index contributed by atoms with van der Waals surface area (Å²) in [5.41, 5.74) is 0. The van der Waals surface area contributed by atoms with Crippen LogP contribution in [0.5, 0.6) is 0 Å². The molecule has 0 saturated carbocycles. The van der Waals surface area contributed by atoms with Gasteiger partial charge < -0.3 is 0 Å². The second-order valence-corrected chi connectivity index (χ2v) is 4.03. The van der Waals surface area contributed by atoms with Gasteiger partial charge in [0.2, 0.25) is 0 Å². The number of hydrogen-bond acceptors (Lipinski definition) is 2. The highest BCUT2D eigenvalue weighted by Gasteiger charge is 1.94. The van der Waals surface area contributed by atoms with E-state index in [-0.39, 0.29) is 0 Å². The molecule has 78 valence electrons. The zero-order chi connectivity index (χ0) is 10.2. The van der Waals surface area contributed by atoms with Crippen LogP contribution in [0.4, 0.5) is 0 Å². The maximum Gasteiger partial charge on any atom is 0.357 e. The molecule has 2 N–H and O–H groups in total. The lowest BCUT2D eigenvalue weighted by molar-refractivity contribution is 0.476. The molecule has 0 heterocycles. The number of allylic oxidation sites excluding steroid dienone is 1. The molecule has 4 nitrogen and oxygen atoms in total. The van der Waals surface area contributed by atoms with Crippen molar-refractivity contribution in [1.82, 2.24) is 4.72 Å². The molecule has 0 bridgehead atoms. The van der Waals surface area contributed by atoms with Gasteiger partial charge in [-0.15, -0.1) is 0 Å². The van der Waals surface area contributed by atoms with Gasteiger partial charge in [-0.1, -0.05) is 32.3 Å². The van der Waals surface area contributed by atoms with Crippen molar-refractivity contribution in [2.75, 3.05) is 0 Å². The Morgan fingerprint density at radius 2 is 2.00 bits per heavy atom. The largest absolute Gasteiger partial charge is 0.357 e. The Morgan fingerprint density at radius 3 is 2.54 bits per heavy atom. The second-order valence-electron chi connectivity index (χ2n) is 2.84. The first kappa shape index (κ1) is 12.4. The molecule has 0 aromatic carbocycles. The van der Waals surface area contributed by atoms with Crippen molar-refractivity contribution in [2.45, 2.75) is 39.0 Å². The summed E-state index contributed by atoms with van der Waals surface area (Å²) in [5, 5.41) is 0. The Labute approximate surface area is 79.9 Å². The molecule has 0 aliphatic heterocycles. The van der Waals surface area contributed by atoms with E-state index in [4.69, 9.17) is 4.55 Å². The van der Waals surface area contributed by atoms with Gasteiger partial charge in [0.05, 0.1) is 0 Å². The van der Waals surface area contributed by atoms with Gasteiger partial charge in [-0.3, -0.25) is 9.27 Å². The van der Waals surface area contributed by atoms with Gasteiger partial charge in [-0.25, -0.2) is 0 Å². The highest BCUT2D eigenvalue weighted by molar-refractivity contribution is 7.83. The van der Waals surface area contributed by atoms with E-state index in [1.165, 1.54) is 19.0 Å². The van der Waals surface area contributed by atoms with E-state index in [2.05, 4.69) is 6.92 Å². The lowest BCUT2D eigenvalue weighted by Gasteiger charge is -1.95. The van der Waals surface area contributed by atoms with Crippen molar-refractivity contribution in [3.05, 3.63) is 12.3 Å². The minimum atomic E-state index is -4.06. The Morgan fingerprint density at radius 1 is 1.31 bits per heavy atom. The standard InChI is InChI=1S/C8H17NO3S/c1-2-3-4-5-6-7-8-9-13(10,11)12/h7-9H,2-6H2,1H3,(H,10,11,12). The Bertz CT molecular complexity index is 234. The monoisotopic (exact) mass is 207 g/mol. The first-order valence-electron chi connectivity index (χ1n) is 4.46. The molecule has 0 atom stereocenters. The Kier molecular flexibility index (Phi) is 6.62. The average molecular weight is 207 g/mol. The third-order valence-corrected chi connectivity index (χ3v) is 1.99. The Hall–Kier alpha value is -0.550. The third-order valence-electron chi connectivity index (χ3n) is 1.56. The summed E-state index contributed by atoms with van der Waals surface area (Å²) in [6.45, 7) is 2.13. The normalized spacial score (nSPS) is 12.2. The van der Waals surface area contributed by atoms with Crippen LogP contribution >= 0.6 is 0 Å². The van der Waals surface area contributed by atoms with Crippen LogP contribution in [0.2, 0.25) is 0 Å². The van der Waals surface area contributed by atoms with Crippen molar-refractivity contribution < 1.29 is 13.0 Å². The van der Waals surface area contributed by atoms with Crippen LogP contribution < -0.4 is 4.72 Å². The van der Waals surface area contributed by atoms with Crippen molar-refractivity contribution in [1.29, 1.82) is 0 Å². The molecule has 13 heavy (non-hydrogen) atoms. The highest BCUT2D eigenvalue weighted by Crippen LogP contribution is 2.02. The molecule has 0 radical (unpaired) electrons. The molecule has 0 aromatic heterocycles. The first-order chi connectivity index (χ1) is 6.06. The average Bonchev–Trinajstić information content (AvgIpc) is 2.01. The highest BCUT2D eigenvalue weighted by atomic mass is 32.2. The maximum absolute atomic E-state index is 10.2. The first-order valence-corrected chi connectivity index (χ1v) is 5.90. The SMILES string of the molecule is CCCCCCC=CNS(=O)(=O)O. The molecule has 0 aliphatic carbocycles. The number of rotatable bonds is 7. The summed E-state index contributed by atoms with van der Waals surface area (Å²) >= 11 is 0. The zero-order valence-electron chi connectivity index (χ0n) is 7.86. The summed E-state index contributed by atoms with van der Waals surface area (Å²) in [6, 6.07) is 0. The van der Waals surface area contributed by atoms with Crippen LogP contribution in [0.15, 0.2) is 12.3 Å². The van der Waals surface area contributed by atoms with Crippen LogP contribution in [0.1, 0.15) is 39.0 Å². The van der Waals surface area contributed by atoms with Gasteiger partial charge in [-0.2, -0.15) is 8.42 Å². The molecule has 0 fully saturated rings. The van der Waals surface area contributed by atoms with Gasteiger partial charge in [0.1, 0.15) is 0 Å². The minimum Gasteiger partial charge on any atom is -0.269 e. The van der Waals surface area contributed by atoms with E-state index < -0.39 is 10.3 Å². The molecule has 0 unspecified atom stereocenters. The molecule has 0 amide bonds. The van der Waals surface area contributed by atoms with E-state index in [0.29, 0.717) is 0 Å². The van der Waals surface area contributed by atoms with Crippen molar-refractivity contribution in [3.63, 3.8) is 0 Å². The van der Waals surface area contributed by atoms with Crippen LogP contribution in [0, 0.1) is 0 Å². The summed E-state index contributed by atoms with van der Waals surface area (Å²) in [4.78, 5) is 0. The number of hydrogen-bond donors (Lipinski definition) is 2. The van der Waals surface area contributed by atoms with E-state index in [1.54, 1.807) is 6.08 Å². The predicted octanol–water partition coefficient (Wildman–Crippen LogP) is 1.86. The molecule has 0 spiro atoms. The lowest BCUT2D eigenvalue weighted by Crippen LogP contribution is -2.15. The van der Waals surface area contributed by atoms with Gasteiger partial charge in [0.15, 0.2) is 0 Å². The second kappa shape index (κ2) is 6.91. The van der Waals surface area contributed by atoms with Gasteiger partial charge in [0, 0.05) is 6.20 Å². The van der Waals surface area contributed by atoms with Crippen LogP contribution in [0.3, 0.4) is 0 Å². The fourth-order valence-corrected chi connectivity index (χ4v) is 1.17. The van der Waals surface area contributed by atoms with Gasteiger partial charge >= 0.3 is 10.3 Å². The van der Waals surface area contributed by atoms with Crippen molar-refractivity contribution >= 4 is 10.3 Å². The topological polar surface area (TPSA) is 66.4 Å². The smallest absolute Gasteiger partial charge is 0.269 e. The summed E-state index contributed by atoms with van der Waals surface area (Å²) in [7, 11) is -4.06. The zero-order valence-corrected chi connectivity index (χ0v) is 8.68. The summed E-state index contributed by atoms with van der Waals surface area (Å²) in [5.74, 6) is 0. The van der Waals surface area contributed by atoms with Crippen LogP contribution in [-0.4, -0.2) is 13.0 Å². The molecule has 0 rings (SSSR count). The van der Waals surface area contributed by atoms with Gasteiger partial charge in [-0.05, 0) is 12.8 Å². The predicted molar refractivity (Wildman–Crippen MR) is 52.6 cm³/mol. The van der Waals surface area contributed by atoms with Crippen molar-refractivity contribution in [3.8, 4) is 0 Å². The fourth-order valence-electron chi connectivity index (χ4n) is 0.906. The van der Waals surface area contributed by atoms with Gasteiger partial charge in [0.25, 0.3) is 0 Å². The van der Waals surface area contributed by atoms with Crippen molar-refractivity contribution in [2.24, 2.45) is 0 Å². The quantitative estimate of drug-likeness (QED) is 0.494. The number of unbranched alkanes of at least 4 members (excludes halogenated alkanes) is 4. The van der Waals surface area contributed by atoms with E-state index in [9.17, 15) is 8.42 Å². The van der Waals surface area contributed by atoms with E-state index in [0.717, 1.165) is 19.3 Å². The molecule has 0 aromatic rings. The lowest BCUT2D eigenvalue weighted by atomic mass is 10.1. The van der Waals surface area contributed by atoms with E-state index in [1.807, 2.05) is 4.72 Å². The van der Waals surface area contributed by atoms with E-state index >= 15 is 0 Å². The molecule has 0 saturated heterocycles. The summed E-state index contributed by atoms with van der Waals surface area (Å²) in [6.07, 6.45) is 8.39. The molecular formula is C8H17NO3S. The third kappa shape index (κ3) is 11.5. The molecule has 0 aliphatic rings. The Balaban J connectivity index is 3.33. The summed E-state index contributed by atoms with van der Waals surface area (Å²) < 4.78 is 30.4. The van der Waals surface area contributed by atoms with Crippen LogP contribution in [-0.2, 0) is 10.3 Å². The van der Waals surface area contributed by atoms with Crippen LogP contribution in [0.25, 0.3) is 0 Å². The minimum absolute atomic E-state index is 0.836. The molecular weight excluding hydrogens is 190 g/mol. The fraction of sp³-hybridized carbons (Fsp3) is 0.750. The number of nitrogens with one attached hydrogen (secondary N) is 1.